The van der Waals surface area contributed by atoms with Crippen LogP contribution < -0.4 is 14.8 Å². The minimum absolute atomic E-state index is 0.00709. The minimum atomic E-state index is -1.01. The van der Waals surface area contributed by atoms with Gasteiger partial charge in [-0.2, -0.15) is 0 Å². The number of para-hydroxylation sites is 1. The maximum absolute atomic E-state index is 10.7. The highest BCUT2D eigenvalue weighted by atomic mass is 16.5. The van der Waals surface area contributed by atoms with Crippen LogP contribution in [0, 0.1) is 0 Å². The van der Waals surface area contributed by atoms with Crippen molar-refractivity contribution in [1.82, 2.24) is 5.32 Å². The first-order valence-electron chi connectivity index (χ1n) is 6.65. The van der Waals surface area contributed by atoms with Crippen LogP contribution >= 0.6 is 0 Å². The molecule has 1 aromatic rings. The summed E-state index contributed by atoms with van der Waals surface area (Å²) >= 11 is 0. The van der Waals surface area contributed by atoms with E-state index >= 15 is 0 Å². The van der Waals surface area contributed by atoms with Crippen molar-refractivity contribution in [1.29, 1.82) is 0 Å². The van der Waals surface area contributed by atoms with Crippen LogP contribution in [-0.2, 0) is 11.3 Å². The summed E-state index contributed by atoms with van der Waals surface area (Å²) in [6.45, 7) is 6.55. The number of ether oxygens (including phenoxy) is 2. The van der Waals surface area contributed by atoms with Gasteiger partial charge >= 0.3 is 5.97 Å². The average molecular weight is 281 g/mol. The molecule has 0 spiro atoms. The normalized spacial score (nSPS) is 11.2. The Kier molecular flexibility index (Phi) is 5.82. The Morgan fingerprint density at radius 3 is 2.65 bits per heavy atom. The van der Waals surface area contributed by atoms with E-state index in [1.54, 1.807) is 6.07 Å². The number of carboxylic acids is 1. The lowest BCUT2D eigenvalue weighted by Crippen LogP contribution is -2.37. The van der Waals surface area contributed by atoms with Gasteiger partial charge in [0.05, 0.1) is 7.11 Å². The van der Waals surface area contributed by atoms with Crippen molar-refractivity contribution in [3.8, 4) is 11.5 Å². The zero-order chi connectivity index (χ0) is 15.2. The average Bonchev–Trinajstić information content (AvgIpc) is 2.42. The van der Waals surface area contributed by atoms with E-state index in [4.69, 9.17) is 14.6 Å². The second-order valence-corrected chi connectivity index (χ2v) is 5.22. The lowest BCUT2D eigenvalue weighted by molar-refractivity contribution is -0.139. The van der Waals surface area contributed by atoms with Gasteiger partial charge in [-0.3, -0.25) is 0 Å². The lowest BCUT2D eigenvalue weighted by Gasteiger charge is -2.25. The van der Waals surface area contributed by atoms with Crippen LogP contribution in [0.4, 0.5) is 0 Å². The summed E-state index contributed by atoms with van der Waals surface area (Å²) in [5.41, 5.74) is 0.889. The molecule has 0 saturated heterocycles. The largest absolute Gasteiger partial charge is 0.493 e. The number of benzene rings is 1. The van der Waals surface area contributed by atoms with Crippen molar-refractivity contribution in [3.05, 3.63) is 23.8 Å². The first kappa shape index (κ1) is 16.3. The van der Waals surface area contributed by atoms with Crippen molar-refractivity contribution in [3.63, 3.8) is 0 Å². The van der Waals surface area contributed by atoms with Crippen LogP contribution in [0.2, 0.25) is 0 Å². The van der Waals surface area contributed by atoms with Crippen LogP contribution in [-0.4, -0.2) is 30.3 Å². The van der Waals surface area contributed by atoms with E-state index in [0.29, 0.717) is 18.0 Å². The molecule has 0 radical (unpaired) electrons. The third-order valence-corrected chi connectivity index (χ3v) is 3.26. The van der Waals surface area contributed by atoms with Crippen molar-refractivity contribution >= 4 is 5.97 Å². The molecular weight excluding hydrogens is 258 g/mol. The molecule has 1 rings (SSSR count). The van der Waals surface area contributed by atoms with Gasteiger partial charge < -0.3 is 19.9 Å². The van der Waals surface area contributed by atoms with Gasteiger partial charge in [-0.25, -0.2) is 4.79 Å². The summed E-state index contributed by atoms with van der Waals surface area (Å²) in [6, 6.07) is 5.52. The van der Waals surface area contributed by atoms with Gasteiger partial charge in [0.2, 0.25) is 0 Å². The summed E-state index contributed by atoms with van der Waals surface area (Å²) in [5.74, 6) is 0.0142. The van der Waals surface area contributed by atoms with Crippen molar-refractivity contribution in [2.45, 2.75) is 39.3 Å². The summed E-state index contributed by atoms with van der Waals surface area (Å²) < 4.78 is 10.6. The summed E-state index contributed by atoms with van der Waals surface area (Å²) in [5, 5.41) is 12.2. The number of hydrogen-bond acceptors (Lipinski definition) is 4. The molecule has 0 aliphatic rings. The van der Waals surface area contributed by atoms with Gasteiger partial charge in [0.1, 0.15) is 0 Å². The SMILES string of the molecule is CCC(C)(C)NCc1cccc(OC)c1OCC(=O)O. The molecule has 0 saturated carbocycles. The lowest BCUT2D eigenvalue weighted by atomic mass is 10.0. The fourth-order valence-corrected chi connectivity index (χ4v) is 1.62. The topological polar surface area (TPSA) is 67.8 Å². The number of rotatable bonds is 8. The zero-order valence-electron chi connectivity index (χ0n) is 12.5. The molecule has 0 fully saturated rings. The van der Waals surface area contributed by atoms with Crippen molar-refractivity contribution in [2.24, 2.45) is 0 Å². The number of carbonyl (C=O) groups is 1. The van der Waals surface area contributed by atoms with E-state index in [2.05, 4.69) is 26.1 Å². The fraction of sp³-hybridized carbons (Fsp3) is 0.533. The Balaban J connectivity index is 2.90. The standard InChI is InChI=1S/C15H23NO4/c1-5-15(2,3)16-9-11-7-6-8-12(19-4)14(11)20-10-13(17)18/h6-8,16H,5,9-10H2,1-4H3,(H,17,18). The molecule has 0 aliphatic carbocycles. The van der Waals surface area contributed by atoms with E-state index in [-0.39, 0.29) is 12.1 Å². The Hall–Kier alpha value is -1.75. The Labute approximate surface area is 119 Å². The van der Waals surface area contributed by atoms with E-state index in [1.165, 1.54) is 7.11 Å². The highest BCUT2D eigenvalue weighted by Crippen LogP contribution is 2.31. The Bertz CT molecular complexity index is 457. The molecule has 5 heteroatoms. The number of carboxylic acid groups (broad SMARTS) is 1. The van der Waals surface area contributed by atoms with Crippen LogP contribution in [0.5, 0.6) is 11.5 Å². The van der Waals surface area contributed by atoms with Gasteiger partial charge in [0.25, 0.3) is 0 Å². The summed E-state index contributed by atoms with van der Waals surface area (Å²) in [7, 11) is 1.54. The molecule has 0 atom stereocenters. The maximum atomic E-state index is 10.7. The third-order valence-electron chi connectivity index (χ3n) is 3.26. The molecule has 0 heterocycles. The number of nitrogens with one attached hydrogen (secondary N) is 1. The van der Waals surface area contributed by atoms with Gasteiger partial charge in [-0.1, -0.05) is 19.1 Å². The Morgan fingerprint density at radius 2 is 2.10 bits per heavy atom. The molecule has 1 aromatic carbocycles. The predicted octanol–water partition coefficient (Wildman–Crippen LogP) is 2.44. The first-order valence-corrected chi connectivity index (χ1v) is 6.65. The predicted molar refractivity (Wildman–Crippen MR) is 77.3 cm³/mol. The first-order chi connectivity index (χ1) is 9.39. The smallest absolute Gasteiger partial charge is 0.341 e. The fourth-order valence-electron chi connectivity index (χ4n) is 1.62. The molecule has 112 valence electrons. The van der Waals surface area contributed by atoms with E-state index in [0.717, 1.165) is 12.0 Å². The zero-order valence-corrected chi connectivity index (χ0v) is 12.5. The van der Waals surface area contributed by atoms with Crippen LogP contribution in [0.15, 0.2) is 18.2 Å². The molecule has 0 bridgehead atoms. The minimum Gasteiger partial charge on any atom is -0.493 e. The van der Waals surface area contributed by atoms with Crippen LogP contribution in [0.3, 0.4) is 0 Å². The van der Waals surface area contributed by atoms with Crippen molar-refractivity contribution < 1.29 is 19.4 Å². The second-order valence-electron chi connectivity index (χ2n) is 5.22. The monoisotopic (exact) mass is 281 g/mol. The maximum Gasteiger partial charge on any atom is 0.341 e. The molecule has 2 N–H and O–H groups in total. The van der Waals surface area contributed by atoms with Gasteiger partial charge in [0.15, 0.2) is 18.1 Å². The van der Waals surface area contributed by atoms with Crippen LogP contribution in [0.1, 0.15) is 32.8 Å². The molecule has 0 aromatic heterocycles. The highest BCUT2D eigenvalue weighted by molar-refractivity contribution is 5.68. The van der Waals surface area contributed by atoms with Crippen LogP contribution in [0.25, 0.3) is 0 Å². The van der Waals surface area contributed by atoms with Gasteiger partial charge in [0, 0.05) is 17.6 Å². The molecule has 5 nitrogen and oxygen atoms in total. The quantitative estimate of drug-likeness (QED) is 0.766. The molecule has 0 unspecified atom stereocenters. The van der Waals surface area contributed by atoms with E-state index in [1.807, 2.05) is 12.1 Å². The molecular formula is C15H23NO4. The second kappa shape index (κ2) is 7.14. The molecule has 0 amide bonds. The van der Waals surface area contributed by atoms with Crippen molar-refractivity contribution in [2.75, 3.05) is 13.7 Å². The van der Waals surface area contributed by atoms with Gasteiger partial charge in [-0.15, -0.1) is 0 Å². The number of aliphatic carboxylic acids is 1. The molecule has 0 aliphatic heterocycles. The third kappa shape index (κ3) is 4.74. The summed E-state index contributed by atoms with van der Waals surface area (Å²) in [4.78, 5) is 10.7. The highest BCUT2D eigenvalue weighted by Gasteiger charge is 2.17. The number of hydrogen-bond donors (Lipinski definition) is 2. The Morgan fingerprint density at radius 1 is 1.40 bits per heavy atom. The molecule has 20 heavy (non-hydrogen) atoms. The van der Waals surface area contributed by atoms with E-state index < -0.39 is 5.97 Å². The number of methoxy groups -OCH3 is 1. The van der Waals surface area contributed by atoms with Gasteiger partial charge in [-0.05, 0) is 26.3 Å². The van der Waals surface area contributed by atoms with E-state index in [9.17, 15) is 4.79 Å². The summed E-state index contributed by atoms with van der Waals surface area (Å²) in [6.07, 6.45) is 0.988.